The molecule has 0 aliphatic heterocycles. The summed E-state index contributed by atoms with van der Waals surface area (Å²) in [5, 5.41) is 29.8. The van der Waals surface area contributed by atoms with Crippen molar-refractivity contribution in [1.82, 2.24) is 10.6 Å². The smallest absolute Gasteiger partial charge is 0.255 e. The molecular weight excluding hydrogens is 492 g/mol. The Kier molecular flexibility index (Phi) is 10.3. The molecule has 7 nitrogen and oxygen atoms in total. The first-order chi connectivity index (χ1) is 18.2. The molecule has 3 rings (SSSR count). The number of aliphatic hydroxyl groups excluding tert-OH is 1. The summed E-state index contributed by atoms with van der Waals surface area (Å²) in [5.74, 6) is -2.84. The highest BCUT2D eigenvalue weighted by Crippen LogP contribution is 2.23. The molecule has 9 heteroatoms. The normalized spacial score (nSPS) is 12.6. The second-order valence-electron chi connectivity index (χ2n) is 9.07. The minimum Gasteiger partial charge on any atom is -0.507 e. The van der Waals surface area contributed by atoms with Crippen LogP contribution in [0.1, 0.15) is 47.3 Å². The molecule has 202 valence electrons. The minimum absolute atomic E-state index is 0.0556. The number of phenolic OH excluding ortho intramolecular Hbond substituents is 1. The van der Waals surface area contributed by atoms with Gasteiger partial charge in [0.25, 0.3) is 5.91 Å². The molecule has 0 bridgehead atoms. The summed E-state index contributed by atoms with van der Waals surface area (Å²) < 4.78 is 27.6. The van der Waals surface area contributed by atoms with Crippen LogP contribution in [0.5, 0.6) is 5.75 Å². The fraction of sp³-hybridized carbons (Fsp3) is 0.310. The van der Waals surface area contributed by atoms with Gasteiger partial charge < -0.3 is 26.2 Å². The van der Waals surface area contributed by atoms with Gasteiger partial charge in [0.1, 0.15) is 17.4 Å². The maximum Gasteiger partial charge on any atom is 0.255 e. The van der Waals surface area contributed by atoms with Gasteiger partial charge in [-0.15, -0.1) is 0 Å². The monoisotopic (exact) mass is 525 g/mol. The number of aryl methyl sites for hydroxylation is 1. The van der Waals surface area contributed by atoms with E-state index in [2.05, 4.69) is 28.9 Å². The van der Waals surface area contributed by atoms with Gasteiger partial charge in [0.15, 0.2) is 0 Å². The Labute approximate surface area is 220 Å². The number of nitrogens with one attached hydrogen (secondary N) is 3. The van der Waals surface area contributed by atoms with Crippen molar-refractivity contribution in [2.45, 2.75) is 51.8 Å². The number of aromatic hydroxyl groups is 1. The van der Waals surface area contributed by atoms with Crippen LogP contribution in [0.4, 0.5) is 14.5 Å². The van der Waals surface area contributed by atoms with E-state index in [4.69, 9.17) is 0 Å². The lowest BCUT2D eigenvalue weighted by Gasteiger charge is -2.25. The summed E-state index contributed by atoms with van der Waals surface area (Å²) in [6.07, 6.45) is -0.0283. The lowest BCUT2D eigenvalue weighted by atomic mass is 9.99. The van der Waals surface area contributed by atoms with Crippen molar-refractivity contribution < 1.29 is 28.6 Å². The molecule has 0 saturated heterocycles. The average Bonchev–Trinajstić information content (AvgIpc) is 2.87. The maximum absolute atomic E-state index is 13.8. The molecule has 0 radical (unpaired) electrons. The average molecular weight is 526 g/mol. The van der Waals surface area contributed by atoms with Crippen LogP contribution >= 0.6 is 0 Å². The molecule has 0 saturated carbocycles. The maximum atomic E-state index is 13.8. The zero-order valence-electron chi connectivity index (χ0n) is 21.4. The minimum atomic E-state index is -1.12. The van der Waals surface area contributed by atoms with Crippen LogP contribution in [0, 0.1) is 11.6 Å². The molecule has 0 spiro atoms. The van der Waals surface area contributed by atoms with Gasteiger partial charge in [-0.2, -0.15) is 0 Å². The molecule has 38 heavy (non-hydrogen) atoms. The number of benzene rings is 3. The van der Waals surface area contributed by atoms with Gasteiger partial charge in [0.2, 0.25) is 5.91 Å². The number of halogens is 2. The second-order valence-corrected chi connectivity index (χ2v) is 9.07. The largest absolute Gasteiger partial charge is 0.507 e. The first kappa shape index (κ1) is 28.7. The van der Waals surface area contributed by atoms with Gasteiger partial charge in [0.05, 0.1) is 17.7 Å². The van der Waals surface area contributed by atoms with Gasteiger partial charge in [0, 0.05) is 37.3 Å². The molecule has 0 fully saturated rings. The van der Waals surface area contributed by atoms with Gasteiger partial charge in [-0.05, 0) is 53.8 Å². The molecule has 0 aliphatic rings. The molecule has 2 atom stereocenters. The first-order valence-electron chi connectivity index (χ1n) is 12.5. The molecule has 0 heterocycles. The van der Waals surface area contributed by atoms with E-state index >= 15 is 0 Å². The van der Waals surface area contributed by atoms with Crippen LogP contribution in [-0.4, -0.2) is 40.7 Å². The lowest BCUT2D eigenvalue weighted by molar-refractivity contribution is -0.115. The molecule has 0 unspecified atom stereocenters. The Morgan fingerprint density at radius 3 is 2.29 bits per heavy atom. The van der Waals surface area contributed by atoms with E-state index in [0.29, 0.717) is 12.2 Å². The van der Waals surface area contributed by atoms with Crippen LogP contribution in [0.15, 0.2) is 60.7 Å². The van der Waals surface area contributed by atoms with Gasteiger partial charge in [-0.3, -0.25) is 9.59 Å². The molecule has 2 amide bonds. The number of rotatable bonds is 12. The number of carbonyl (C=O) groups is 2. The van der Waals surface area contributed by atoms with E-state index < -0.39 is 29.7 Å². The fourth-order valence-corrected chi connectivity index (χ4v) is 4.03. The second kappa shape index (κ2) is 13.6. The van der Waals surface area contributed by atoms with Crippen molar-refractivity contribution in [3.8, 4) is 5.75 Å². The summed E-state index contributed by atoms with van der Waals surface area (Å²) in [6, 6.07) is 14.2. The van der Waals surface area contributed by atoms with Crippen molar-refractivity contribution in [2.24, 2.45) is 0 Å². The standard InChI is InChI=1S/C29H33F2N3O4/c1-3-18-6-5-7-19(10-18)16-32-17-27(36)25(13-20-11-21(30)14-22(31)12-20)34-29(38)24-9-8-23(15-26(24)35)33-28(37)4-2/h5-12,14-15,25,27,32,35-36H,3-4,13,16-17H2,1-2H3,(H,33,37)(H,34,38)/t25-,27+/m0/s1. The van der Waals surface area contributed by atoms with Crippen LogP contribution in [-0.2, 0) is 24.2 Å². The highest BCUT2D eigenvalue weighted by molar-refractivity contribution is 5.98. The van der Waals surface area contributed by atoms with E-state index in [1.807, 2.05) is 18.2 Å². The SMILES string of the molecule is CCC(=O)Nc1ccc(C(=O)N[C@@H](Cc2cc(F)cc(F)c2)[C@H](O)CNCc2cccc(CC)c2)c(O)c1. The number of aliphatic hydroxyl groups is 1. The number of hydrogen-bond donors (Lipinski definition) is 5. The third-order valence-corrected chi connectivity index (χ3v) is 6.09. The van der Waals surface area contributed by atoms with Crippen LogP contribution in [0.3, 0.4) is 0 Å². The van der Waals surface area contributed by atoms with Crippen molar-refractivity contribution in [3.63, 3.8) is 0 Å². The Morgan fingerprint density at radius 1 is 0.921 bits per heavy atom. The van der Waals surface area contributed by atoms with Crippen molar-refractivity contribution >= 4 is 17.5 Å². The zero-order valence-corrected chi connectivity index (χ0v) is 21.4. The van der Waals surface area contributed by atoms with E-state index in [0.717, 1.165) is 30.2 Å². The third-order valence-electron chi connectivity index (χ3n) is 6.09. The number of anilines is 1. The Hall–Kier alpha value is -3.82. The van der Waals surface area contributed by atoms with E-state index in [1.54, 1.807) is 6.92 Å². The summed E-state index contributed by atoms with van der Waals surface area (Å²) >= 11 is 0. The van der Waals surface area contributed by atoms with Crippen LogP contribution in [0.2, 0.25) is 0 Å². The van der Waals surface area contributed by atoms with Crippen molar-refractivity contribution in [1.29, 1.82) is 0 Å². The number of hydrogen-bond acceptors (Lipinski definition) is 5. The van der Waals surface area contributed by atoms with E-state index in [-0.39, 0.29) is 42.2 Å². The van der Waals surface area contributed by atoms with Crippen LogP contribution in [0.25, 0.3) is 0 Å². The zero-order chi connectivity index (χ0) is 27.7. The number of amides is 2. The van der Waals surface area contributed by atoms with Gasteiger partial charge in [-0.25, -0.2) is 8.78 Å². The van der Waals surface area contributed by atoms with Gasteiger partial charge in [-0.1, -0.05) is 38.1 Å². The quantitative estimate of drug-likeness (QED) is 0.245. The fourth-order valence-electron chi connectivity index (χ4n) is 4.03. The summed E-state index contributed by atoms with van der Waals surface area (Å²) in [4.78, 5) is 24.6. The van der Waals surface area contributed by atoms with Crippen molar-refractivity contribution in [3.05, 3.63) is 94.6 Å². The molecule has 3 aromatic rings. The van der Waals surface area contributed by atoms with Gasteiger partial charge >= 0.3 is 0 Å². The van der Waals surface area contributed by atoms with Crippen molar-refractivity contribution in [2.75, 3.05) is 11.9 Å². The lowest BCUT2D eigenvalue weighted by Crippen LogP contribution is -2.48. The predicted octanol–water partition coefficient (Wildman–Crippen LogP) is 4.07. The molecule has 5 N–H and O–H groups in total. The summed E-state index contributed by atoms with van der Waals surface area (Å²) in [7, 11) is 0. The molecule has 0 aromatic heterocycles. The number of carbonyl (C=O) groups excluding carboxylic acids is 2. The summed E-state index contributed by atoms with van der Waals surface area (Å²) in [6.45, 7) is 4.31. The van der Waals surface area contributed by atoms with E-state index in [1.165, 1.54) is 23.8 Å². The van der Waals surface area contributed by atoms with Crippen LogP contribution < -0.4 is 16.0 Å². The van der Waals surface area contributed by atoms with E-state index in [9.17, 15) is 28.6 Å². The highest BCUT2D eigenvalue weighted by atomic mass is 19.1. The molecule has 0 aliphatic carbocycles. The molecule has 3 aromatic carbocycles. The summed E-state index contributed by atoms with van der Waals surface area (Å²) in [5.41, 5.74) is 2.72. The Morgan fingerprint density at radius 2 is 1.63 bits per heavy atom. The first-order valence-corrected chi connectivity index (χ1v) is 12.5. The number of phenols is 1. The topological polar surface area (TPSA) is 111 Å². The third kappa shape index (κ3) is 8.36. The highest BCUT2D eigenvalue weighted by Gasteiger charge is 2.24. The predicted molar refractivity (Wildman–Crippen MR) is 142 cm³/mol. The Bertz CT molecular complexity index is 1250. The Balaban J connectivity index is 1.74. The molecular formula is C29H33F2N3O4.